The first kappa shape index (κ1) is 33.3. The predicted octanol–water partition coefficient (Wildman–Crippen LogP) is 7.01. The summed E-state index contributed by atoms with van der Waals surface area (Å²) in [5.74, 6) is -0.956. The van der Waals surface area contributed by atoms with Crippen molar-refractivity contribution in [3.05, 3.63) is 129 Å². The highest BCUT2D eigenvalue weighted by Gasteiger charge is 2.34. The summed E-state index contributed by atoms with van der Waals surface area (Å²) in [7, 11) is -4.27. The number of benzene rings is 4. The zero-order valence-electron chi connectivity index (χ0n) is 24.0. The van der Waals surface area contributed by atoms with Gasteiger partial charge in [-0.3, -0.25) is 13.9 Å². The molecule has 230 valence electrons. The van der Waals surface area contributed by atoms with Crippen molar-refractivity contribution in [1.29, 1.82) is 0 Å². The molecule has 11 heteroatoms. The summed E-state index contributed by atoms with van der Waals surface area (Å²) in [4.78, 5) is 29.5. The number of anilines is 1. The van der Waals surface area contributed by atoms with Crippen LogP contribution in [0.2, 0.25) is 15.1 Å². The molecule has 0 spiro atoms. The first-order valence-corrected chi connectivity index (χ1v) is 16.6. The van der Waals surface area contributed by atoms with Crippen LogP contribution in [0.4, 0.5) is 5.69 Å². The third-order valence-corrected chi connectivity index (χ3v) is 9.27. The second-order valence-corrected chi connectivity index (χ2v) is 13.3. The lowest BCUT2D eigenvalue weighted by molar-refractivity contribution is -0.140. The molecule has 4 aromatic rings. The van der Waals surface area contributed by atoms with E-state index in [0.29, 0.717) is 23.6 Å². The highest BCUT2D eigenvalue weighted by atomic mass is 35.5. The van der Waals surface area contributed by atoms with Gasteiger partial charge < -0.3 is 10.2 Å². The fourth-order valence-corrected chi connectivity index (χ4v) is 6.83. The van der Waals surface area contributed by atoms with Gasteiger partial charge >= 0.3 is 0 Å². The van der Waals surface area contributed by atoms with Crippen molar-refractivity contribution in [1.82, 2.24) is 10.2 Å². The molecule has 0 saturated heterocycles. The summed E-state index contributed by atoms with van der Waals surface area (Å²) < 4.78 is 29.0. The van der Waals surface area contributed by atoms with Crippen LogP contribution in [-0.2, 0) is 32.6 Å². The highest BCUT2D eigenvalue weighted by molar-refractivity contribution is 7.92. The molecule has 2 amide bonds. The zero-order chi connectivity index (χ0) is 31.7. The van der Waals surface area contributed by atoms with Gasteiger partial charge in [0.05, 0.1) is 10.6 Å². The molecule has 0 saturated carbocycles. The van der Waals surface area contributed by atoms with E-state index < -0.39 is 28.5 Å². The number of carbonyl (C=O) groups excluding carboxylic acids is 2. The van der Waals surface area contributed by atoms with E-state index in [0.717, 1.165) is 9.87 Å². The molecule has 1 atom stereocenters. The molecule has 0 bridgehead atoms. The van der Waals surface area contributed by atoms with Gasteiger partial charge in [-0.15, -0.1) is 0 Å². The van der Waals surface area contributed by atoms with E-state index in [9.17, 15) is 18.0 Å². The Morgan fingerprint density at radius 1 is 0.773 bits per heavy atom. The van der Waals surface area contributed by atoms with Gasteiger partial charge in [0.15, 0.2) is 0 Å². The molecule has 1 N–H and O–H groups in total. The first-order valence-electron chi connectivity index (χ1n) is 14.0. The van der Waals surface area contributed by atoms with Gasteiger partial charge in [0.25, 0.3) is 10.0 Å². The third kappa shape index (κ3) is 8.76. The molecular formula is C33H32Cl3N3O4S. The van der Waals surface area contributed by atoms with Gasteiger partial charge in [-0.1, -0.05) is 102 Å². The smallest absolute Gasteiger partial charge is 0.264 e. The van der Waals surface area contributed by atoms with Crippen LogP contribution in [0.15, 0.2) is 108 Å². The van der Waals surface area contributed by atoms with Crippen molar-refractivity contribution in [3.8, 4) is 0 Å². The van der Waals surface area contributed by atoms with Crippen LogP contribution in [-0.4, -0.2) is 44.3 Å². The predicted molar refractivity (Wildman–Crippen MR) is 177 cm³/mol. The molecule has 0 heterocycles. The van der Waals surface area contributed by atoms with Crippen LogP contribution >= 0.6 is 34.8 Å². The van der Waals surface area contributed by atoms with E-state index >= 15 is 0 Å². The number of hydrogen-bond acceptors (Lipinski definition) is 4. The van der Waals surface area contributed by atoms with Crippen LogP contribution in [0.3, 0.4) is 0 Å². The second kappa shape index (κ2) is 15.4. The van der Waals surface area contributed by atoms with Crippen LogP contribution in [0, 0.1) is 0 Å². The largest absolute Gasteiger partial charge is 0.354 e. The van der Waals surface area contributed by atoms with Crippen molar-refractivity contribution < 1.29 is 18.0 Å². The molecule has 0 radical (unpaired) electrons. The van der Waals surface area contributed by atoms with Crippen LogP contribution in [0.25, 0.3) is 0 Å². The van der Waals surface area contributed by atoms with Crippen molar-refractivity contribution in [2.24, 2.45) is 0 Å². The van der Waals surface area contributed by atoms with Crippen molar-refractivity contribution in [3.63, 3.8) is 0 Å². The molecule has 4 rings (SSSR count). The van der Waals surface area contributed by atoms with E-state index in [1.165, 1.54) is 35.2 Å². The van der Waals surface area contributed by atoms with E-state index in [4.69, 9.17) is 34.8 Å². The van der Waals surface area contributed by atoms with Gasteiger partial charge in [0.2, 0.25) is 11.8 Å². The number of nitrogens with zero attached hydrogens (tertiary/aromatic N) is 2. The number of amides is 2. The fourth-order valence-electron chi connectivity index (χ4n) is 4.68. The summed E-state index contributed by atoms with van der Waals surface area (Å²) in [6, 6.07) is 27.5. The number of rotatable bonds is 13. The van der Waals surface area contributed by atoms with Gasteiger partial charge in [0, 0.05) is 34.6 Å². The summed E-state index contributed by atoms with van der Waals surface area (Å²) in [6.45, 7) is 1.73. The van der Waals surface area contributed by atoms with E-state index in [1.54, 1.807) is 42.5 Å². The quantitative estimate of drug-likeness (QED) is 0.166. The topological polar surface area (TPSA) is 86.8 Å². The minimum absolute atomic E-state index is 0.00592. The SMILES string of the molecule is CCCNC(=O)[C@H](Cc1ccccc1)N(Cc1cccc(Cl)c1)C(=O)CN(c1cc(Cl)cc(Cl)c1)S(=O)(=O)c1ccccc1. The van der Waals surface area contributed by atoms with Crippen molar-refractivity contribution >= 4 is 62.3 Å². The average Bonchev–Trinajstić information content (AvgIpc) is 3.00. The molecule has 4 aromatic carbocycles. The number of halogens is 3. The molecule has 0 aliphatic carbocycles. The third-order valence-electron chi connectivity index (χ3n) is 6.81. The zero-order valence-corrected chi connectivity index (χ0v) is 27.1. The molecule has 0 aliphatic rings. The Morgan fingerprint density at radius 3 is 2.00 bits per heavy atom. The first-order chi connectivity index (χ1) is 21.1. The molecule has 0 fully saturated rings. The number of sulfonamides is 1. The number of nitrogens with one attached hydrogen (secondary N) is 1. The normalized spacial score (nSPS) is 11.9. The maximum Gasteiger partial charge on any atom is 0.264 e. The van der Waals surface area contributed by atoms with Gasteiger partial charge in [-0.05, 0) is 60.0 Å². The highest BCUT2D eigenvalue weighted by Crippen LogP contribution is 2.30. The standard InChI is InChI=1S/C33H32Cl3N3O4S/c1-2-16-37-33(41)31(18-24-10-5-3-6-11-24)38(22-25-12-9-13-26(34)17-25)32(40)23-39(29-20-27(35)19-28(36)21-29)44(42,43)30-14-7-4-8-15-30/h3-15,17,19-21,31H,2,16,18,22-23H2,1H3,(H,37,41)/t31-/m0/s1. The maximum absolute atomic E-state index is 14.4. The molecular weight excluding hydrogens is 641 g/mol. The van der Waals surface area contributed by atoms with Gasteiger partial charge in [0.1, 0.15) is 12.6 Å². The Labute approximate surface area is 273 Å². The molecule has 44 heavy (non-hydrogen) atoms. The Bertz CT molecular complexity index is 1670. The minimum atomic E-state index is -4.27. The lowest BCUT2D eigenvalue weighted by atomic mass is 10.0. The molecule has 0 aliphatic heterocycles. The molecule has 0 aromatic heterocycles. The van der Waals surface area contributed by atoms with E-state index in [-0.39, 0.29) is 39.5 Å². The van der Waals surface area contributed by atoms with Crippen molar-refractivity contribution in [2.45, 2.75) is 37.2 Å². The second-order valence-electron chi connectivity index (χ2n) is 10.1. The van der Waals surface area contributed by atoms with Crippen LogP contribution < -0.4 is 9.62 Å². The average molecular weight is 673 g/mol. The fraction of sp³-hybridized carbons (Fsp3) is 0.212. The van der Waals surface area contributed by atoms with E-state index in [1.807, 2.05) is 37.3 Å². The summed E-state index contributed by atoms with van der Waals surface area (Å²) in [5, 5.41) is 3.78. The Kier molecular flexibility index (Phi) is 11.7. The summed E-state index contributed by atoms with van der Waals surface area (Å²) in [6.07, 6.45) is 0.905. The Hall–Kier alpha value is -3.56. The molecule has 0 unspecified atom stereocenters. The lowest BCUT2D eigenvalue weighted by Crippen LogP contribution is -2.53. The van der Waals surface area contributed by atoms with Crippen LogP contribution in [0.5, 0.6) is 0 Å². The summed E-state index contributed by atoms with van der Waals surface area (Å²) in [5.41, 5.74) is 1.62. The Balaban J connectivity index is 1.81. The Morgan fingerprint density at radius 2 is 1.39 bits per heavy atom. The van der Waals surface area contributed by atoms with Crippen LogP contribution in [0.1, 0.15) is 24.5 Å². The minimum Gasteiger partial charge on any atom is -0.354 e. The van der Waals surface area contributed by atoms with Gasteiger partial charge in [-0.2, -0.15) is 0 Å². The number of carbonyl (C=O) groups is 2. The molecule has 7 nitrogen and oxygen atoms in total. The maximum atomic E-state index is 14.4. The van der Waals surface area contributed by atoms with Crippen molar-refractivity contribution in [2.75, 3.05) is 17.4 Å². The van der Waals surface area contributed by atoms with E-state index in [2.05, 4.69) is 5.32 Å². The number of hydrogen-bond donors (Lipinski definition) is 1. The lowest BCUT2D eigenvalue weighted by Gasteiger charge is -2.34. The summed E-state index contributed by atoms with van der Waals surface area (Å²) >= 11 is 18.8. The van der Waals surface area contributed by atoms with Gasteiger partial charge in [-0.25, -0.2) is 8.42 Å². The monoisotopic (exact) mass is 671 g/mol.